The minimum absolute atomic E-state index is 0.00932. The molecule has 2 heterocycles. The molecule has 2 spiro atoms. The lowest BCUT2D eigenvalue weighted by Crippen LogP contribution is -2.57. The van der Waals surface area contributed by atoms with Gasteiger partial charge in [0.2, 0.25) is 17.7 Å². The van der Waals surface area contributed by atoms with Gasteiger partial charge in [-0.2, -0.15) is 12.7 Å². The molecule has 2 N–H and O–H groups in total. The fourth-order valence-corrected chi connectivity index (χ4v) is 14.5. The fourth-order valence-electron chi connectivity index (χ4n) is 13.2. The number of carbonyl (C=O) groups excluding carboxylic acids is 5. The largest absolute Gasteiger partial charge is 0.345 e. The van der Waals surface area contributed by atoms with Crippen LogP contribution >= 0.6 is 0 Å². The predicted octanol–water partition coefficient (Wildman–Crippen LogP) is 6.81. The van der Waals surface area contributed by atoms with E-state index < -0.39 is 44.9 Å². The molecule has 7 atom stereocenters. The van der Waals surface area contributed by atoms with Gasteiger partial charge in [0.25, 0.3) is 0 Å². The Morgan fingerprint density at radius 3 is 1.98 bits per heavy atom. The summed E-state index contributed by atoms with van der Waals surface area (Å²) in [6.07, 6.45) is 12.2. The second-order valence-electron chi connectivity index (χ2n) is 21.8. The van der Waals surface area contributed by atoms with E-state index in [0.717, 1.165) is 77.2 Å². The average Bonchev–Trinajstić information content (AvgIpc) is 3.90. The number of piperidine rings is 1. The molecule has 60 heavy (non-hydrogen) atoms. The van der Waals surface area contributed by atoms with E-state index in [1.165, 1.54) is 4.31 Å². The highest BCUT2D eigenvalue weighted by Gasteiger charge is 2.85. The summed E-state index contributed by atoms with van der Waals surface area (Å²) in [6, 6.07) is -1.53. The predicted molar refractivity (Wildman–Crippen MR) is 234 cm³/mol. The van der Waals surface area contributed by atoms with Crippen LogP contribution in [0.1, 0.15) is 172 Å². The Balaban J connectivity index is 1.28. The van der Waals surface area contributed by atoms with Crippen LogP contribution in [0.2, 0.25) is 0 Å². The van der Waals surface area contributed by atoms with Crippen LogP contribution in [0.3, 0.4) is 0 Å². The molecule has 0 bridgehead atoms. The van der Waals surface area contributed by atoms with Crippen LogP contribution in [-0.2, 0) is 34.2 Å². The number of carbonyl (C=O) groups is 5. The lowest BCUT2D eigenvalue weighted by Gasteiger charge is -2.40. The Kier molecular flexibility index (Phi) is 13.6. The third kappa shape index (κ3) is 8.16. The van der Waals surface area contributed by atoms with Crippen molar-refractivity contribution in [3.05, 3.63) is 0 Å². The Morgan fingerprint density at radius 1 is 0.833 bits per heavy atom. The minimum Gasteiger partial charge on any atom is -0.345 e. The molecule has 4 aliphatic carbocycles. The van der Waals surface area contributed by atoms with Gasteiger partial charge in [-0.1, -0.05) is 93.9 Å². The Labute approximate surface area is 362 Å². The first-order valence-electron chi connectivity index (χ1n) is 23.8. The summed E-state index contributed by atoms with van der Waals surface area (Å²) in [5.41, 5.74) is -2.09. The molecule has 2 saturated heterocycles. The smallest absolute Gasteiger partial charge is 0.303 e. The number of nitrogens with zero attached hydrogens (tertiary/aromatic N) is 3. The van der Waals surface area contributed by atoms with Crippen LogP contribution in [0, 0.1) is 44.8 Å². The number of hydrogen-bond donors (Lipinski definition) is 2. The van der Waals surface area contributed by atoms with E-state index in [1.807, 2.05) is 27.7 Å². The van der Waals surface area contributed by atoms with Gasteiger partial charge in [-0.25, -0.2) is 4.72 Å². The van der Waals surface area contributed by atoms with Gasteiger partial charge >= 0.3 is 10.2 Å². The van der Waals surface area contributed by atoms with Crippen molar-refractivity contribution in [2.24, 2.45) is 44.8 Å². The van der Waals surface area contributed by atoms with Crippen molar-refractivity contribution in [2.75, 3.05) is 26.2 Å². The Bertz CT molecular complexity index is 1760. The van der Waals surface area contributed by atoms with Gasteiger partial charge in [0, 0.05) is 49.9 Å². The van der Waals surface area contributed by atoms with Crippen molar-refractivity contribution < 1.29 is 32.4 Å². The van der Waals surface area contributed by atoms with E-state index in [9.17, 15) is 27.6 Å². The summed E-state index contributed by atoms with van der Waals surface area (Å²) in [4.78, 5) is 77.3. The van der Waals surface area contributed by atoms with Gasteiger partial charge in [-0.05, 0) is 99.8 Å². The number of fused-ring (bicyclic) bond motifs is 1. The number of hydrogen-bond acceptors (Lipinski definition) is 8. The van der Waals surface area contributed by atoms with E-state index in [2.05, 4.69) is 42.6 Å². The fraction of sp³-hybridized carbons (Fsp3) is 0.894. The third-order valence-corrected chi connectivity index (χ3v) is 19.1. The summed E-state index contributed by atoms with van der Waals surface area (Å²) < 4.78 is 30.0. The van der Waals surface area contributed by atoms with Gasteiger partial charge in [0.15, 0.2) is 11.6 Å². The number of amides is 3. The number of likely N-dealkylation sites (tertiary alicyclic amines) is 2. The first kappa shape index (κ1) is 47.1. The van der Waals surface area contributed by atoms with Crippen molar-refractivity contribution in [3.8, 4) is 0 Å². The van der Waals surface area contributed by atoms with E-state index in [-0.39, 0.29) is 89.5 Å². The molecule has 0 aromatic heterocycles. The summed E-state index contributed by atoms with van der Waals surface area (Å²) in [5.74, 6) is -2.11. The van der Waals surface area contributed by atoms with Crippen molar-refractivity contribution in [3.63, 3.8) is 0 Å². The molecule has 2 aliphatic heterocycles. The normalized spacial score (nSPS) is 31.2. The summed E-state index contributed by atoms with van der Waals surface area (Å²) >= 11 is 0. The molecule has 12 nitrogen and oxygen atoms in total. The molecule has 6 rings (SSSR count). The number of nitrogens with one attached hydrogen (secondary N) is 2. The van der Waals surface area contributed by atoms with Gasteiger partial charge < -0.3 is 10.2 Å². The minimum atomic E-state index is -4.09. The zero-order valence-corrected chi connectivity index (χ0v) is 39.6. The molecule has 0 unspecified atom stereocenters. The van der Waals surface area contributed by atoms with Crippen LogP contribution in [0.5, 0.6) is 0 Å². The monoisotopic (exact) mass is 858 g/mol. The highest BCUT2D eigenvalue weighted by atomic mass is 32.2. The molecule has 6 fully saturated rings. The Hall–Kier alpha value is -2.38. The van der Waals surface area contributed by atoms with Crippen molar-refractivity contribution in [1.29, 1.82) is 0 Å². The maximum absolute atomic E-state index is 15.4. The van der Waals surface area contributed by atoms with Crippen LogP contribution < -0.4 is 10.0 Å². The topological polar surface area (TPSA) is 153 Å². The van der Waals surface area contributed by atoms with Crippen molar-refractivity contribution in [1.82, 2.24) is 24.1 Å². The second kappa shape index (κ2) is 17.3. The van der Waals surface area contributed by atoms with Crippen LogP contribution in [0.25, 0.3) is 0 Å². The van der Waals surface area contributed by atoms with Gasteiger partial charge in [0.05, 0.1) is 23.5 Å². The molecular weight excluding hydrogens is 779 g/mol. The zero-order chi connectivity index (χ0) is 44.2. The standard InChI is InChI=1S/C47H79N5O7S/c1-11-33-27-45(33,42(57)49-60(58,59)50(12-2)13-3)29-38(54)36-28-47(44(9,10)46(47)23-19-24-46)30-52(36)41(56)34(43(6,7)8)26-37(53)39(32-20-15-14-16-21-32)48-40(55)35-22-17-18-25-51(35)31(4)5/h31-36,39H,11-30H2,1-10H3,(H,48,55)(H,49,57)/t33-,34-,35+,36+,39+,45-,47-/m1/s1. The summed E-state index contributed by atoms with van der Waals surface area (Å²) in [6.45, 7) is 21.9. The molecule has 0 aromatic rings. The first-order valence-corrected chi connectivity index (χ1v) is 25.3. The average molecular weight is 858 g/mol. The van der Waals surface area contributed by atoms with Crippen LogP contribution in [0.15, 0.2) is 0 Å². The van der Waals surface area contributed by atoms with E-state index in [1.54, 1.807) is 18.7 Å². The SMILES string of the molecule is CC[C@@H]1C[C@]1(CC(=O)[C@@H]1C[C@@]2(CN1C(=O)[C@@H](CC(=O)[C@@H](NC(=O)[C@@H]1CCCCN1C(C)C)C1CCCCC1)C(C)(C)C)C(C)(C)C21CCC1)C(=O)NS(=O)(=O)N(CC)CC. The molecular formula is C47H79N5O7S. The third-order valence-electron chi connectivity index (χ3n) is 17.4. The summed E-state index contributed by atoms with van der Waals surface area (Å²) in [5, 5.41) is 3.28. The van der Waals surface area contributed by atoms with Crippen molar-refractivity contribution >= 4 is 39.5 Å². The second-order valence-corrected chi connectivity index (χ2v) is 23.4. The molecule has 0 aromatic carbocycles. The maximum atomic E-state index is 15.4. The maximum Gasteiger partial charge on any atom is 0.303 e. The zero-order valence-electron chi connectivity index (χ0n) is 38.8. The van der Waals surface area contributed by atoms with E-state index in [4.69, 9.17) is 0 Å². The highest BCUT2D eigenvalue weighted by molar-refractivity contribution is 7.87. The molecule has 4 saturated carbocycles. The van der Waals surface area contributed by atoms with Gasteiger partial charge in [-0.15, -0.1) is 0 Å². The van der Waals surface area contributed by atoms with Gasteiger partial charge in [0.1, 0.15) is 0 Å². The van der Waals surface area contributed by atoms with E-state index >= 15 is 4.79 Å². The first-order chi connectivity index (χ1) is 28.1. The van der Waals surface area contributed by atoms with Crippen molar-refractivity contribution in [2.45, 2.75) is 196 Å². The number of rotatable bonds is 17. The lowest BCUT2D eigenvalue weighted by molar-refractivity contribution is -0.147. The molecule has 6 aliphatic rings. The highest BCUT2D eigenvalue weighted by Crippen LogP contribution is 2.88. The number of Topliss-reactive ketones (excluding diaryl/α,β-unsaturated/α-hetero) is 2. The Morgan fingerprint density at radius 2 is 1.47 bits per heavy atom. The molecule has 13 heteroatoms. The lowest BCUT2D eigenvalue weighted by atomic mass is 9.73. The van der Waals surface area contributed by atoms with Gasteiger partial charge in [-0.3, -0.25) is 28.9 Å². The molecule has 0 radical (unpaired) electrons. The molecule has 3 amide bonds. The summed E-state index contributed by atoms with van der Waals surface area (Å²) in [7, 11) is -4.09. The van der Waals surface area contributed by atoms with Crippen LogP contribution in [-0.4, -0.2) is 102 Å². The van der Waals surface area contributed by atoms with E-state index in [0.29, 0.717) is 25.8 Å². The quantitative estimate of drug-likeness (QED) is 0.162. The van der Waals surface area contributed by atoms with Crippen LogP contribution in [0.4, 0.5) is 0 Å². The molecule has 340 valence electrons. The number of ketones is 2.